The van der Waals surface area contributed by atoms with Crippen LogP contribution in [0.15, 0.2) is 18.2 Å². The van der Waals surface area contributed by atoms with Crippen LogP contribution in [0.2, 0.25) is 0 Å². The van der Waals surface area contributed by atoms with Gasteiger partial charge in [0.1, 0.15) is 11.6 Å². The molecule has 0 saturated carbocycles. The van der Waals surface area contributed by atoms with E-state index in [1.807, 2.05) is 6.92 Å². The van der Waals surface area contributed by atoms with Gasteiger partial charge in [0.05, 0.1) is 16.4 Å². The van der Waals surface area contributed by atoms with Crippen molar-refractivity contribution in [2.24, 2.45) is 5.92 Å². The van der Waals surface area contributed by atoms with E-state index in [1.165, 1.54) is 12.1 Å². The van der Waals surface area contributed by atoms with Crippen LogP contribution in [0.4, 0.5) is 4.39 Å². The van der Waals surface area contributed by atoms with Gasteiger partial charge in [-0.2, -0.15) is 0 Å². The average molecular weight is 297 g/mol. The van der Waals surface area contributed by atoms with Crippen molar-refractivity contribution in [3.8, 4) is 0 Å². The molecule has 0 aliphatic rings. The van der Waals surface area contributed by atoms with E-state index in [0.29, 0.717) is 17.5 Å². The topological polar surface area (TPSA) is 17.8 Å². The van der Waals surface area contributed by atoms with Crippen LogP contribution in [0.5, 0.6) is 0 Å². The number of rotatable bonds is 5. The van der Waals surface area contributed by atoms with Gasteiger partial charge in [-0.15, -0.1) is 11.6 Å². The highest BCUT2D eigenvalue weighted by Gasteiger charge is 2.20. The maximum absolute atomic E-state index is 13.4. The standard InChI is InChI=1S/C16H22ClFN2/c1-5-10(2)8-11(3)20-15-7-6-13(18)9-14(15)19-16(20)12(4)17/h6-7,9-12H,5,8H2,1-4H3. The highest BCUT2D eigenvalue weighted by molar-refractivity contribution is 6.20. The molecular formula is C16H22ClFN2. The van der Waals surface area contributed by atoms with Crippen LogP contribution in [0, 0.1) is 11.7 Å². The number of fused-ring (bicyclic) bond motifs is 1. The third-order valence-electron chi connectivity index (χ3n) is 3.92. The quantitative estimate of drug-likeness (QED) is 0.669. The Kier molecular flexibility index (Phi) is 4.69. The van der Waals surface area contributed by atoms with Gasteiger partial charge in [0.2, 0.25) is 0 Å². The smallest absolute Gasteiger partial charge is 0.127 e. The van der Waals surface area contributed by atoms with Crippen molar-refractivity contribution in [2.45, 2.75) is 52.0 Å². The molecule has 1 heterocycles. The van der Waals surface area contributed by atoms with Gasteiger partial charge in [-0.3, -0.25) is 0 Å². The Hall–Kier alpha value is -1.09. The number of alkyl halides is 1. The van der Waals surface area contributed by atoms with Crippen LogP contribution in [-0.4, -0.2) is 9.55 Å². The van der Waals surface area contributed by atoms with Crippen LogP contribution in [0.1, 0.15) is 57.8 Å². The predicted octanol–water partition coefficient (Wildman–Crippen LogP) is 5.47. The van der Waals surface area contributed by atoms with Crippen LogP contribution in [0.25, 0.3) is 11.0 Å². The molecule has 110 valence electrons. The summed E-state index contributed by atoms with van der Waals surface area (Å²) in [5, 5.41) is -0.190. The number of hydrogen-bond acceptors (Lipinski definition) is 1. The lowest BCUT2D eigenvalue weighted by atomic mass is 10.00. The normalized spacial score (nSPS) is 16.3. The van der Waals surface area contributed by atoms with Gasteiger partial charge in [0, 0.05) is 12.1 Å². The minimum Gasteiger partial charge on any atom is -0.324 e. The molecule has 0 N–H and O–H groups in total. The Morgan fingerprint density at radius 2 is 2.00 bits per heavy atom. The van der Waals surface area contributed by atoms with E-state index in [4.69, 9.17) is 11.6 Å². The summed E-state index contributed by atoms with van der Waals surface area (Å²) in [6, 6.07) is 5.06. The van der Waals surface area contributed by atoms with Crippen molar-refractivity contribution in [1.29, 1.82) is 0 Å². The zero-order valence-corrected chi connectivity index (χ0v) is 13.3. The summed E-state index contributed by atoms with van der Waals surface area (Å²) in [5.74, 6) is 1.20. The van der Waals surface area contributed by atoms with Crippen molar-refractivity contribution < 1.29 is 4.39 Å². The van der Waals surface area contributed by atoms with Gasteiger partial charge in [0.15, 0.2) is 0 Å². The predicted molar refractivity (Wildman–Crippen MR) is 82.7 cm³/mol. The summed E-state index contributed by atoms with van der Waals surface area (Å²) in [5.41, 5.74) is 1.65. The third kappa shape index (κ3) is 2.98. The van der Waals surface area contributed by atoms with Crippen molar-refractivity contribution >= 4 is 22.6 Å². The number of benzene rings is 1. The molecule has 3 unspecified atom stereocenters. The molecule has 0 fully saturated rings. The van der Waals surface area contributed by atoms with E-state index in [1.54, 1.807) is 6.07 Å². The van der Waals surface area contributed by atoms with Gasteiger partial charge in [-0.25, -0.2) is 9.37 Å². The zero-order chi connectivity index (χ0) is 14.9. The highest BCUT2D eigenvalue weighted by atomic mass is 35.5. The Balaban J connectivity index is 2.51. The molecule has 0 spiro atoms. The van der Waals surface area contributed by atoms with Gasteiger partial charge in [0.25, 0.3) is 0 Å². The lowest BCUT2D eigenvalue weighted by molar-refractivity contribution is 0.397. The van der Waals surface area contributed by atoms with Crippen molar-refractivity contribution in [2.75, 3.05) is 0 Å². The summed E-state index contributed by atoms with van der Waals surface area (Å²) < 4.78 is 15.5. The molecular weight excluding hydrogens is 275 g/mol. The van der Waals surface area contributed by atoms with Gasteiger partial charge < -0.3 is 4.57 Å². The summed E-state index contributed by atoms with van der Waals surface area (Å²) in [6.07, 6.45) is 2.22. The Labute approximate surface area is 125 Å². The van der Waals surface area contributed by atoms with E-state index in [0.717, 1.165) is 24.2 Å². The fraction of sp³-hybridized carbons (Fsp3) is 0.562. The molecule has 0 aliphatic heterocycles. The fourth-order valence-electron chi connectivity index (χ4n) is 2.69. The van der Waals surface area contributed by atoms with Crippen LogP contribution >= 0.6 is 11.6 Å². The van der Waals surface area contributed by atoms with E-state index in [9.17, 15) is 4.39 Å². The maximum atomic E-state index is 13.4. The summed E-state index contributed by atoms with van der Waals surface area (Å²) in [6.45, 7) is 8.54. The number of nitrogens with zero attached hydrogens (tertiary/aromatic N) is 2. The number of imidazole rings is 1. The Morgan fingerprint density at radius 1 is 1.30 bits per heavy atom. The van der Waals surface area contributed by atoms with E-state index in [-0.39, 0.29) is 11.2 Å². The lowest BCUT2D eigenvalue weighted by Crippen LogP contribution is -2.12. The first-order valence-corrected chi connectivity index (χ1v) is 7.69. The Morgan fingerprint density at radius 3 is 2.60 bits per heavy atom. The molecule has 0 saturated heterocycles. The Bertz CT molecular complexity index is 591. The highest BCUT2D eigenvalue weighted by Crippen LogP contribution is 2.31. The second kappa shape index (κ2) is 6.13. The first-order valence-electron chi connectivity index (χ1n) is 7.25. The molecule has 20 heavy (non-hydrogen) atoms. The minimum absolute atomic E-state index is 0.190. The molecule has 1 aromatic heterocycles. The summed E-state index contributed by atoms with van der Waals surface area (Å²) in [4.78, 5) is 4.52. The maximum Gasteiger partial charge on any atom is 0.127 e. The van der Waals surface area contributed by atoms with E-state index in [2.05, 4.69) is 30.3 Å². The molecule has 2 aromatic rings. The number of hydrogen-bond donors (Lipinski definition) is 0. The van der Waals surface area contributed by atoms with Crippen molar-refractivity contribution in [3.05, 3.63) is 29.8 Å². The van der Waals surface area contributed by atoms with Gasteiger partial charge in [-0.1, -0.05) is 20.3 Å². The van der Waals surface area contributed by atoms with E-state index < -0.39 is 0 Å². The van der Waals surface area contributed by atoms with Gasteiger partial charge in [-0.05, 0) is 38.3 Å². The summed E-state index contributed by atoms with van der Waals surface area (Å²) >= 11 is 6.26. The SMILES string of the molecule is CCC(C)CC(C)n1c(C(C)Cl)nc2cc(F)ccc21. The monoisotopic (exact) mass is 296 g/mol. The first kappa shape index (κ1) is 15.3. The molecule has 4 heteroatoms. The average Bonchev–Trinajstić information content (AvgIpc) is 2.76. The third-order valence-corrected chi connectivity index (χ3v) is 4.11. The van der Waals surface area contributed by atoms with Crippen molar-refractivity contribution in [3.63, 3.8) is 0 Å². The fourth-order valence-corrected chi connectivity index (χ4v) is 2.84. The van der Waals surface area contributed by atoms with Crippen LogP contribution in [0.3, 0.4) is 0 Å². The molecule has 1 aromatic carbocycles. The van der Waals surface area contributed by atoms with E-state index >= 15 is 0 Å². The molecule has 3 atom stereocenters. The second-order valence-electron chi connectivity index (χ2n) is 5.69. The summed E-state index contributed by atoms with van der Waals surface area (Å²) in [7, 11) is 0. The second-order valence-corrected chi connectivity index (χ2v) is 6.34. The minimum atomic E-state index is -0.259. The van der Waals surface area contributed by atoms with Crippen LogP contribution in [-0.2, 0) is 0 Å². The van der Waals surface area contributed by atoms with Gasteiger partial charge >= 0.3 is 0 Å². The molecule has 0 bridgehead atoms. The molecule has 2 rings (SSSR count). The lowest BCUT2D eigenvalue weighted by Gasteiger charge is -2.21. The molecule has 0 amide bonds. The molecule has 0 radical (unpaired) electrons. The zero-order valence-electron chi connectivity index (χ0n) is 12.5. The van der Waals surface area contributed by atoms with Crippen LogP contribution < -0.4 is 0 Å². The number of aromatic nitrogens is 2. The number of halogens is 2. The largest absolute Gasteiger partial charge is 0.324 e. The first-order chi connectivity index (χ1) is 9.43. The molecule has 0 aliphatic carbocycles. The molecule has 2 nitrogen and oxygen atoms in total. The van der Waals surface area contributed by atoms with Crippen molar-refractivity contribution in [1.82, 2.24) is 9.55 Å².